The summed E-state index contributed by atoms with van der Waals surface area (Å²) in [6.07, 6.45) is 3.09. The van der Waals surface area contributed by atoms with Crippen LogP contribution in [-0.2, 0) is 34.3 Å². The minimum Gasteiger partial charge on any atom is -0.356 e. The van der Waals surface area contributed by atoms with Crippen molar-refractivity contribution in [1.29, 1.82) is 0 Å². The molecule has 48 heavy (non-hydrogen) atoms. The predicted molar refractivity (Wildman–Crippen MR) is 182 cm³/mol. The standard InChI is InChI=1S/C36H36N6O5S/c1-22(2)30-18-37-34-33(30)39-31(35(40-34)48(45,46)28-13-9-10-23(3)14-28)17-29-24(4)15-27(16-25(29)5)42-36(44)41(32(43)19-38-42)21-47-20-26-11-7-6-8-12-26/h6-16,18-19,22H,17,20-21H2,1-5H3,(H,37,40). The van der Waals surface area contributed by atoms with Gasteiger partial charge in [-0.2, -0.15) is 9.78 Å². The Bertz CT molecular complexity index is 2350. The summed E-state index contributed by atoms with van der Waals surface area (Å²) in [5, 5.41) is 4.01. The number of rotatable bonds is 10. The van der Waals surface area contributed by atoms with Crippen LogP contribution in [0.1, 0.15) is 58.8 Å². The Morgan fingerprint density at radius 3 is 2.33 bits per heavy atom. The van der Waals surface area contributed by atoms with Gasteiger partial charge in [0.15, 0.2) is 10.7 Å². The molecule has 3 heterocycles. The van der Waals surface area contributed by atoms with E-state index in [2.05, 4.69) is 15.1 Å². The summed E-state index contributed by atoms with van der Waals surface area (Å²) in [7, 11) is -4.02. The molecule has 6 rings (SSSR count). The van der Waals surface area contributed by atoms with E-state index >= 15 is 0 Å². The second-order valence-corrected chi connectivity index (χ2v) is 14.1. The summed E-state index contributed by atoms with van der Waals surface area (Å²) in [5.74, 6) is 0.140. The van der Waals surface area contributed by atoms with Gasteiger partial charge in [-0.05, 0) is 78.8 Å². The Kier molecular flexibility index (Phi) is 8.95. The maximum absolute atomic E-state index is 14.0. The highest BCUT2D eigenvalue weighted by Gasteiger charge is 2.27. The minimum absolute atomic E-state index is 0.110. The highest BCUT2D eigenvalue weighted by molar-refractivity contribution is 7.91. The number of aromatic amines is 1. The van der Waals surface area contributed by atoms with Crippen LogP contribution in [0.5, 0.6) is 0 Å². The molecular formula is C36H36N6O5S. The number of nitrogens with one attached hydrogen (secondary N) is 1. The molecule has 3 aromatic heterocycles. The lowest BCUT2D eigenvalue weighted by molar-refractivity contribution is 0.0578. The lowest BCUT2D eigenvalue weighted by Crippen LogP contribution is -2.40. The first-order valence-corrected chi connectivity index (χ1v) is 17.0. The molecule has 11 nitrogen and oxygen atoms in total. The number of benzene rings is 3. The zero-order valence-electron chi connectivity index (χ0n) is 27.4. The molecule has 0 saturated heterocycles. The normalized spacial score (nSPS) is 11.9. The van der Waals surface area contributed by atoms with E-state index in [0.717, 1.165) is 48.8 Å². The number of sulfone groups is 1. The average molecular weight is 665 g/mol. The molecule has 0 radical (unpaired) electrons. The molecule has 0 amide bonds. The number of ether oxygens (including phenoxy) is 1. The molecule has 1 N–H and O–H groups in total. The highest BCUT2D eigenvalue weighted by atomic mass is 32.2. The van der Waals surface area contributed by atoms with E-state index in [0.29, 0.717) is 22.5 Å². The van der Waals surface area contributed by atoms with E-state index in [1.54, 1.807) is 30.3 Å². The van der Waals surface area contributed by atoms with Gasteiger partial charge in [0.25, 0.3) is 5.56 Å². The van der Waals surface area contributed by atoms with Crippen LogP contribution in [0.3, 0.4) is 0 Å². The van der Waals surface area contributed by atoms with Crippen LogP contribution in [0.25, 0.3) is 16.9 Å². The third kappa shape index (κ3) is 6.36. The minimum atomic E-state index is -4.02. The number of aryl methyl sites for hydroxylation is 3. The summed E-state index contributed by atoms with van der Waals surface area (Å²) in [6.45, 7) is 9.69. The molecule has 6 aromatic rings. The highest BCUT2D eigenvalue weighted by Crippen LogP contribution is 2.31. The summed E-state index contributed by atoms with van der Waals surface area (Å²) in [4.78, 5) is 38.8. The number of aromatic nitrogens is 6. The lowest BCUT2D eigenvalue weighted by Gasteiger charge is -2.16. The molecule has 3 aromatic carbocycles. The van der Waals surface area contributed by atoms with Gasteiger partial charge < -0.3 is 9.72 Å². The van der Waals surface area contributed by atoms with Crippen LogP contribution in [0, 0.1) is 20.8 Å². The van der Waals surface area contributed by atoms with E-state index < -0.39 is 21.1 Å². The van der Waals surface area contributed by atoms with E-state index in [1.807, 2.05) is 77.2 Å². The van der Waals surface area contributed by atoms with Crippen LogP contribution in [0.4, 0.5) is 0 Å². The van der Waals surface area contributed by atoms with Gasteiger partial charge in [-0.25, -0.2) is 27.7 Å². The first-order chi connectivity index (χ1) is 22.9. The topological polar surface area (TPSA) is 142 Å². The zero-order chi connectivity index (χ0) is 34.2. The third-order valence-electron chi connectivity index (χ3n) is 8.31. The molecule has 0 aliphatic carbocycles. The van der Waals surface area contributed by atoms with Crippen molar-refractivity contribution in [2.75, 3.05) is 0 Å². The van der Waals surface area contributed by atoms with Gasteiger partial charge in [-0.15, -0.1) is 0 Å². The summed E-state index contributed by atoms with van der Waals surface area (Å²) in [5.41, 5.74) is 5.68. The van der Waals surface area contributed by atoms with Crippen molar-refractivity contribution in [3.63, 3.8) is 0 Å². The maximum atomic E-state index is 14.0. The van der Waals surface area contributed by atoms with E-state index in [-0.39, 0.29) is 35.6 Å². The Morgan fingerprint density at radius 1 is 0.917 bits per heavy atom. The molecule has 12 heteroatoms. The fraction of sp³-hybridized carbons (Fsp3) is 0.250. The molecule has 0 aliphatic heterocycles. The van der Waals surface area contributed by atoms with Crippen molar-refractivity contribution in [3.8, 4) is 5.69 Å². The van der Waals surface area contributed by atoms with Crippen LogP contribution in [0.15, 0.2) is 98.6 Å². The summed E-state index contributed by atoms with van der Waals surface area (Å²) >= 11 is 0. The van der Waals surface area contributed by atoms with Crippen LogP contribution < -0.4 is 11.2 Å². The van der Waals surface area contributed by atoms with Crippen LogP contribution >= 0.6 is 0 Å². The molecule has 0 saturated carbocycles. The fourth-order valence-corrected chi connectivity index (χ4v) is 7.20. The van der Waals surface area contributed by atoms with Crippen LogP contribution in [0.2, 0.25) is 0 Å². The Morgan fingerprint density at radius 2 is 1.65 bits per heavy atom. The average Bonchev–Trinajstić information content (AvgIpc) is 3.48. The number of H-pyrrole nitrogens is 1. The van der Waals surface area contributed by atoms with Crippen molar-refractivity contribution < 1.29 is 13.2 Å². The molecule has 0 atom stereocenters. The fourth-order valence-electron chi connectivity index (χ4n) is 5.73. The Balaban J connectivity index is 1.39. The first-order valence-electron chi connectivity index (χ1n) is 15.5. The number of nitrogens with zero attached hydrogens (tertiary/aromatic N) is 5. The molecule has 0 spiro atoms. The third-order valence-corrected chi connectivity index (χ3v) is 10.0. The van der Waals surface area contributed by atoms with Gasteiger partial charge in [0.2, 0.25) is 9.84 Å². The number of hydrogen-bond donors (Lipinski definition) is 1. The van der Waals surface area contributed by atoms with E-state index in [4.69, 9.17) is 9.72 Å². The monoisotopic (exact) mass is 664 g/mol. The predicted octanol–water partition coefficient (Wildman–Crippen LogP) is 5.31. The van der Waals surface area contributed by atoms with Crippen molar-refractivity contribution in [3.05, 3.63) is 139 Å². The first kappa shape index (κ1) is 32.7. The second kappa shape index (κ2) is 13.1. The smallest absolute Gasteiger partial charge is 0.354 e. The van der Waals surface area contributed by atoms with Gasteiger partial charge in [0.05, 0.1) is 22.9 Å². The number of hydrogen-bond acceptors (Lipinski definition) is 8. The van der Waals surface area contributed by atoms with Crippen molar-refractivity contribution in [2.45, 2.75) is 70.2 Å². The van der Waals surface area contributed by atoms with Gasteiger partial charge in [0, 0.05) is 18.2 Å². The van der Waals surface area contributed by atoms with E-state index in [1.165, 1.54) is 0 Å². The summed E-state index contributed by atoms with van der Waals surface area (Å²) < 4.78 is 35.9. The SMILES string of the molecule is Cc1cccc(S(=O)(=O)c2nc3[nH]cc(C(C)C)c3nc2Cc2c(C)cc(-n3ncc(=O)n(COCc4ccccc4)c3=O)cc2C)c1. The molecule has 0 bridgehead atoms. The van der Waals surface area contributed by atoms with Crippen molar-refractivity contribution in [1.82, 2.24) is 29.3 Å². The van der Waals surface area contributed by atoms with Crippen molar-refractivity contribution >= 4 is 21.0 Å². The lowest BCUT2D eigenvalue weighted by atomic mass is 9.97. The molecule has 0 fully saturated rings. The number of fused-ring (bicyclic) bond motifs is 1. The second-order valence-electron chi connectivity index (χ2n) is 12.2. The van der Waals surface area contributed by atoms with Gasteiger partial charge in [-0.3, -0.25) is 4.79 Å². The van der Waals surface area contributed by atoms with Crippen LogP contribution in [-0.4, -0.2) is 37.7 Å². The van der Waals surface area contributed by atoms with Gasteiger partial charge >= 0.3 is 5.69 Å². The largest absolute Gasteiger partial charge is 0.356 e. The van der Waals surface area contributed by atoms with Gasteiger partial charge in [0.1, 0.15) is 18.4 Å². The Labute approximate surface area is 277 Å². The van der Waals surface area contributed by atoms with Gasteiger partial charge in [-0.1, -0.05) is 56.3 Å². The maximum Gasteiger partial charge on any atom is 0.354 e. The zero-order valence-corrected chi connectivity index (χ0v) is 28.2. The molecular weight excluding hydrogens is 629 g/mol. The summed E-state index contributed by atoms with van der Waals surface area (Å²) in [6, 6.07) is 19.8. The van der Waals surface area contributed by atoms with E-state index in [9.17, 15) is 18.0 Å². The molecule has 246 valence electrons. The quantitative estimate of drug-likeness (QED) is 0.208. The van der Waals surface area contributed by atoms with Crippen molar-refractivity contribution in [2.24, 2.45) is 0 Å². The molecule has 0 aliphatic rings. The Hall–Kier alpha value is -5.20. The molecule has 0 unspecified atom stereocenters.